The van der Waals surface area contributed by atoms with Crippen molar-refractivity contribution in [2.24, 2.45) is 0 Å². The standard InChI is InChI=1S/C12H18ClNO/c1-9(2)10-4-5-12(15-3)11(8-10)14-7-6-13/h4-5,8-9,14H,6-7H2,1-3H3. The molecule has 0 amide bonds. The number of methoxy groups -OCH3 is 1. The second-order valence-corrected chi connectivity index (χ2v) is 4.11. The van der Waals surface area contributed by atoms with E-state index < -0.39 is 0 Å². The van der Waals surface area contributed by atoms with Gasteiger partial charge in [0.2, 0.25) is 0 Å². The third-order valence-electron chi connectivity index (χ3n) is 2.30. The van der Waals surface area contributed by atoms with Crippen molar-refractivity contribution >= 4 is 17.3 Å². The van der Waals surface area contributed by atoms with Gasteiger partial charge in [0.15, 0.2) is 0 Å². The van der Waals surface area contributed by atoms with Gasteiger partial charge in [-0.25, -0.2) is 0 Å². The first-order valence-corrected chi connectivity index (χ1v) is 5.70. The van der Waals surface area contributed by atoms with Crippen LogP contribution in [0.25, 0.3) is 0 Å². The van der Waals surface area contributed by atoms with Crippen molar-refractivity contribution in [2.75, 3.05) is 24.9 Å². The van der Waals surface area contributed by atoms with E-state index in [1.165, 1.54) is 5.56 Å². The summed E-state index contributed by atoms with van der Waals surface area (Å²) >= 11 is 5.65. The molecule has 0 saturated carbocycles. The van der Waals surface area contributed by atoms with Crippen LogP contribution in [0.3, 0.4) is 0 Å². The summed E-state index contributed by atoms with van der Waals surface area (Å²) in [5, 5.41) is 3.25. The Morgan fingerprint density at radius 2 is 2.13 bits per heavy atom. The zero-order valence-corrected chi connectivity index (χ0v) is 10.3. The normalized spacial score (nSPS) is 10.5. The maximum atomic E-state index is 5.65. The van der Waals surface area contributed by atoms with Crippen molar-refractivity contribution in [3.05, 3.63) is 23.8 Å². The van der Waals surface area contributed by atoms with Crippen LogP contribution in [0.1, 0.15) is 25.3 Å². The molecular weight excluding hydrogens is 210 g/mol. The van der Waals surface area contributed by atoms with Gasteiger partial charge in [0.25, 0.3) is 0 Å². The first-order valence-electron chi connectivity index (χ1n) is 5.16. The quantitative estimate of drug-likeness (QED) is 0.778. The van der Waals surface area contributed by atoms with Gasteiger partial charge in [0.05, 0.1) is 12.8 Å². The first kappa shape index (κ1) is 12.2. The average molecular weight is 228 g/mol. The minimum absolute atomic E-state index is 0.521. The molecule has 0 fully saturated rings. The third kappa shape index (κ3) is 3.31. The fourth-order valence-electron chi connectivity index (χ4n) is 1.40. The molecule has 1 N–H and O–H groups in total. The number of ether oxygens (including phenoxy) is 1. The fourth-order valence-corrected chi connectivity index (χ4v) is 1.50. The predicted molar refractivity (Wildman–Crippen MR) is 66.3 cm³/mol. The lowest BCUT2D eigenvalue weighted by Crippen LogP contribution is -2.04. The number of halogens is 1. The minimum Gasteiger partial charge on any atom is -0.495 e. The maximum Gasteiger partial charge on any atom is 0.141 e. The van der Waals surface area contributed by atoms with Gasteiger partial charge in [0, 0.05) is 12.4 Å². The second-order valence-electron chi connectivity index (χ2n) is 3.73. The molecule has 0 saturated heterocycles. The predicted octanol–water partition coefficient (Wildman–Crippen LogP) is 3.47. The van der Waals surface area contributed by atoms with Crippen LogP contribution < -0.4 is 10.1 Å². The van der Waals surface area contributed by atoms with E-state index in [9.17, 15) is 0 Å². The summed E-state index contributed by atoms with van der Waals surface area (Å²) in [6, 6.07) is 6.21. The Kier molecular flexibility index (Phi) is 4.76. The third-order valence-corrected chi connectivity index (χ3v) is 2.49. The van der Waals surface area contributed by atoms with E-state index in [0.717, 1.165) is 18.0 Å². The summed E-state index contributed by atoms with van der Waals surface area (Å²) in [6.45, 7) is 5.10. The molecule has 0 atom stereocenters. The molecule has 0 unspecified atom stereocenters. The number of benzene rings is 1. The van der Waals surface area contributed by atoms with Crippen LogP contribution in [0.4, 0.5) is 5.69 Å². The van der Waals surface area contributed by atoms with Crippen LogP contribution in [0.15, 0.2) is 18.2 Å². The Bertz CT molecular complexity index is 312. The van der Waals surface area contributed by atoms with Crippen LogP contribution >= 0.6 is 11.6 Å². The van der Waals surface area contributed by atoms with E-state index in [0.29, 0.717) is 11.8 Å². The first-order chi connectivity index (χ1) is 7.19. The summed E-state index contributed by atoms with van der Waals surface area (Å²) in [4.78, 5) is 0. The molecule has 0 aromatic heterocycles. The van der Waals surface area contributed by atoms with Crippen molar-refractivity contribution in [3.63, 3.8) is 0 Å². The Morgan fingerprint density at radius 1 is 1.40 bits per heavy atom. The molecule has 0 aliphatic rings. The van der Waals surface area contributed by atoms with Gasteiger partial charge in [-0.05, 0) is 23.6 Å². The molecule has 0 aliphatic heterocycles. The Morgan fingerprint density at radius 3 is 2.67 bits per heavy atom. The van der Waals surface area contributed by atoms with Gasteiger partial charge >= 0.3 is 0 Å². The molecule has 1 aromatic rings. The van der Waals surface area contributed by atoms with E-state index >= 15 is 0 Å². The van der Waals surface area contributed by atoms with Crippen LogP contribution in [0.5, 0.6) is 5.75 Å². The largest absolute Gasteiger partial charge is 0.495 e. The van der Waals surface area contributed by atoms with Gasteiger partial charge < -0.3 is 10.1 Å². The smallest absolute Gasteiger partial charge is 0.141 e. The lowest BCUT2D eigenvalue weighted by Gasteiger charge is -2.13. The number of nitrogens with one attached hydrogen (secondary N) is 1. The van der Waals surface area contributed by atoms with Crippen molar-refractivity contribution in [1.82, 2.24) is 0 Å². The molecule has 15 heavy (non-hydrogen) atoms. The molecule has 3 heteroatoms. The number of anilines is 1. The summed E-state index contributed by atoms with van der Waals surface area (Å²) in [5.74, 6) is 1.98. The average Bonchev–Trinajstić information content (AvgIpc) is 2.25. The summed E-state index contributed by atoms with van der Waals surface area (Å²) in [6.07, 6.45) is 0. The van der Waals surface area contributed by atoms with Gasteiger partial charge in [-0.1, -0.05) is 19.9 Å². The molecule has 0 spiro atoms. The topological polar surface area (TPSA) is 21.3 Å². The lowest BCUT2D eigenvalue weighted by molar-refractivity contribution is 0.416. The molecule has 0 heterocycles. The maximum absolute atomic E-state index is 5.65. The molecule has 0 aliphatic carbocycles. The highest BCUT2D eigenvalue weighted by Gasteiger charge is 2.05. The van der Waals surface area contributed by atoms with Crippen molar-refractivity contribution < 1.29 is 4.74 Å². The lowest BCUT2D eigenvalue weighted by atomic mass is 10.0. The van der Waals surface area contributed by atoms with Crippen LogP contribution in [-0.2, 0) is 0 Å². The molecule has 2 nitrogen and oxygen atoms in total. The van der Waals surface area contributed by atoms with Gasteiger partial charge in [-0.2, -0.15) is 0 Å². The van der Waals surface area contributed by atoms with E-state index in [1.54, 1.807) is 7.11 Å². The summed E-state index contributed by atoms with van der Waals surface area (Å²) in [7, 11) is 1.68. The monoisotopic (exact) mass is 227 g/mol. The number of rotatable bonds is 5. The SMILES string of the molecule is COc1ccc(C(C)C)cc1NCCCl. The van der Waals surface area contributed by atoms with Crippen molar-refractivity contribution in [3.8, 4) is 5.75 Å². The number of hydrogen-bond acceptors (Lipinski definition) is 2. The van der Waals surface area contributed by atoms with Crippen LogP contribution in [-0.4, -0.2) is 19.5 Å². The molecule has 0 bridgehead atoms. The van der Waals surface area contributed by atoms with Crippen LogP contribution in [0.2, 0.25) is 0 Å². The molecule has 1 aromatic carbocycles. The van der Waals surface area contributed by atoms with E-state index in [2.05, 4.69) is 31.3 Å². The Hall–Kier alpha value is -0.890. The zero-order chi connectivity index (χ0) is 11.3. The highest BCUT2D eigenvalue weighted by molar-refractivity contribution is 6.18. The number of alkyl halides is 1. The molecular formula is C12H18ClNO. The van der Waals surface area contributed by atoms with Gasteiger partial charge in [-0.3, -0.25) is 0 Å². The number of hydrogen-bond donors (Lipinski definition) is 1. The zero-order valence-electron chi connectivity index (χ0n) is 9.51. The fraction of sp³-hybridized carbons (Fsp3) is 0.500. The molecule has 0 radical (unpaired) electrons. The van der Waals surface area contributed by atoms with Gasteiger partial charge in [-0.15, -0.1) is 11.6 Å². The summed E-state index contributed by atoms with van der Waals surface area (Å²) < 4.78 is 5.27. The highest BCUT2D eigenvalue weighted by Crippen LogP contribution is 2.28. The van der Waals surface area contributed by atoms with Crippen molar-refractivity contribution in [1.29, 1.82) is 0 Å². The van der Waals surface area contributed by atoms with E-state index in [-0.39, 0.29) is 0 Å². The van der Waals surface area contributed by atoms with Gasteiger partial charge in [0.1, 0.15) is 5.75 Å². The Balaban J connectivity index is 2.91. The van der Waals surface area contributed by atoms with E-state index in [4.69, 9.17) is 16.3 Å². The van der Waals surface area contributed by atoms with Crippen molar-refractivity contribution in [2.45, 2.75) is 19.8 Å². The van der Waals surface area contributed by atoms with E-state index in [1.807, 2.05) is 6.07 Å². The minimum atomic E-state index is 0.521. The molecule has 1 rings (SSSR count). The molecule has 84 valence electrons. The highest BCUT2D eigenvalue weighted by atomic mass is 35.5. The second kappa shape index (κ2) is 5.86. The Labute approximate surface area is 96.6 Å². The summed E-state index contributed by atoms with van der Waals surface area (Å²) in [5.41, 5.74) is 2.32. The van der Waals surface area contributed by atoms with Crippen LogP contribution in [0, 0.1) is 0 Å².